The highest BCUT2D eigenvalue weighted by Crippen LogP contribution is 2.25. The number of aromatic carboxylic acids is 1. The number of anilines is 1. The summed E-state index contributed by atoms with van der Waals surface area (Å²) in [7, 11) is 3.26. The van der Waals surface area contributed by atoms with Crippen LogP contribution in [0.3, 0.4) is 0 Å². The van der Waals surface area contributed by atoms with E-state index in [0.29, 0.717) is 19.0 Å². The molecule has 0 bridgehead atoms. The van der Waals surface area contributed by atoms with Crippen LogP contribution in [0.4, 0.5) is 5.88 Å². The summed E-state index contributed by atoms with van der Waals surface area (Å²) in [6.45, 7) is 1.25. The molecule has 1 fully saturated rings. The van der Waals surface area contributed by atoms with Crippen molar-refractivity contribution in [2.24, 2.45) is 0 Å². The van der Waals surface area contributed by atoms with Gasteiger partial charge in [0.1, 0.15) is 12.2 Å². The van der Waals surface area contributed by atoms with Gasteiger partial charge < -0.3 is 23.9 Å². The van der Waals surface area contributed by atoms with Gasteiger partial charge in [0.15, 0.2) is 5.88 Å². The Morgan fingerprint density at radius 1 is 1.35 bits per heavy atom. The Kier molecular flexibility index (Phi) is 3.35. The van der Waals surface area contributed by atoms with Gasteiger partial charge in [0.2, 0.25) is 5.76 Å². The number of rotatable bonds is 4. The molecule has 0 amide bonds. The summed E-state index contributed by atoms with van der Waals surface area (Å²) in [5.41, 5.74) is 0. The second-order valence-electron chi connectivity index (χ2n) is 3.90. The fraction of sp³-hybridized carbons (Fsp3) is 0.545. The number of nitrogens with zero attached hydrogens (tertiary/aromatic N) is 1. The third-order valence-electron chi connectivity index (χ3n) is 2.94. The van der Waals surface area contributed by atoms with E-state index in [1.54, 1.807) is 20.3 Å². The Bertz CT molecular complexity index is 390. The van der Waals surface area contributed by atoms with Gasteiger partial charge in [-0.15, -0.1) is 0 Å². The smallest absolute Gasteiger partial charge is 0.371 e. The first-order chi connectivity index (χ1) is 8.15. The second kappa shape index (κ2) is 4.77. The van der Waals surface area contributed by atoms with Gasteiger partial charge in [0, 0.05) is 33.4 Å². The predicted molar refractivity (Wildman–Crippen MR) is 59.5 cm³/mol. The highest BCUT2D eigenvalue weighted by atomic mass is 16.5. The Hall–Kier alpha value is -1.53. The lowest BCUT2D eigenvalue weighted by molar-refractivity contribution is -0.00461. The number of methoxy groups -OCH3 is 2. The lowest BCUT2D eigenvalue weighted by Gasteiger charge is -2.13. The lowest BCUT2D eigenvalue weighted by atomic mass is 10.3. The average molecular weight is 241 g/mol. The number of carboxylic acids is 1. The number of ether oxygens (including phenoxy) is 2. The monoisotopic (exact) mass is 241 g/mol. The molecule has 0 saturated carbocycles. The SMILES string of the molecule is COC1CN(c2ccc(C(=O)O)o2)CC1OC. The molecule has 2 unspecified atom stereocenters. The van der Waals surface area contributed by atoms with E-state index in [1.165, 1.54) is 6.07 Å². The number of furan rings is 1. The third-order valence-corrected chi connectivity index (χ3v) is 2.94. The lowest BCUT2D eigenvalue weighted by Crippen LogP contribution is -2.27. The summed E-state index contributed by atoms with van der Waals surface area (Å²) < 4.78 is 15.8. The summed E-state index contributed by atoms with van der Waals surface area (Å²) in [6.07, 6.45) is -0.0586. The Balaban J connectivity index is 2.10. The molecule has 1 aromatic heterocycles. The second-order valence-corrected chi connectivity index (χ2v) is 3.90. The van der Waals surface area contributed by atoms with Gasteiger partial charge >= 0.3 is 5.97 Å². The summed E-state index contributed by atoms with van der Waals surface area (Å²) in [5.74, 6) is -0.596. The van der Waals surface area contributed by atoms with E-state index in [1.807, 2.05) is 4.90 Å². The quantitative estimate of drug-likeness (QED) is 0.841. The van der Waals surface area contributed by atoms with E-state index in [0.717, 1.165) is 0 Å². The summed E-state index contributed by atoms with van der Waals surface area (Å²) >= 11 is 0. The van der Waals surface area contributed by atoms with Crippen LogP contribution in [-0.2, 0) is 9.47 Å². The van der Waals surface area contributed by atoms with Crippen LogP contribution < -0.4 is 4.90 Å². The molecule has 0 aliphatic carbocycles. The van der Waals surface area contributed by atoms with Crippen molar-refractivity contribution in [3.05, 3.63) is 17.9 Å². The Labute approximate surface area is 98.7 Å². The maximum atomic E-state index is 10.7. The molecule has 94 valence electrons. The van der Waals surface area contributed by atoms with Gasteiger partial charge in [-0.05, 0) is 6.07 Å². The van der Waals surface area contributed by atoms with Crippen LogP contribution in [-0.4, -0.2) is 50.6 Å². The van der Waals surface area contributed by atoms with Crippen LogP contribution in [0.1, 0.15) is 10.6 Å². The number of hydrogen-bond donors (Lipinski definition) is 1. The molecule has 1 aliphatic rings. The molecular formula is C11H15NO5. The van der Waals surface area contributed by atoms with E-state index >= 15 is 0 Å². The fourth-order valence-corrected chi connectivity index (χ4v) is 1.99. The molecular weight excluding hydrogens is 226 g/mol. The van der Waals surface area contributed by atoms with Crippen molar-refractivity contribution in [3.63, 3.8) is 0 Å². The Morgan fingerprint density at radius 3 is 2.35 bits per heavy atom. The van der Waals surface area contributed by atoms with E-state index in [9.17, 15) is 4.79 Å². The first-order valence-corrected chi connectivity index (χ1v) is 5.29. The minimum Gasteiger partial charge on any atom is -0.475 e. The minimum absolute atomic E-state index is 0.0293. The van der Waals surface area contributed by atoms with Crippen molar-refractivity contribution in [2.75, 3.05) is 32.2 Å². The standard InChI is InChI=1S/C11H15NO5/c1-15-8-5-12(6-9(8)16-2)10-4-3-7(17-10)11(13)14/h3-4,8-9H,5-6H2,1-2H3,(H,13,14). The van der Waals surface area contributed by atoms with Crippen molar-refractivity contribution in [1.29, 1.82) is 0 Å². The maximum Gasteiger partial charge on any atom is 0.371 e. The van der Waals surface area contributed by atoms with E-state index in [-0.39, 0.29) is 18.0 Å². The molecule has 17 heavy (non-hydrogen) atoms. The first kappa shape index (κ1) is 11.9. The van der Waals surface area contributed by atoms with Crippen LogP contribution in [0.15, 0.2) is 16.5 Å². The molecule has 1 saturated heterocycles. The van der Waals surface area contributed by atoms with Gasteiger partial charge in [-0.2, -0.15) is 0 Å². The molecule has 6 nitrogen and oxygen atoms in total. The summed E-state index contributed by atoms with van der Waals surface area (Å²) in [6, 6.07) is 3.09. The number of carboxylic acid groups (broad SMARTS) is 1. The zero-order valence-corrected chi connectivity index (χ0v) is 9.75. The van der Waals surface area contributed by atoms with Crippen LogP contribution >= 0.6 is 0 Å². The highest BCUT2D eigenvalue weighted by Gasteiger charge is 2.34. The van der Waals surface area contributed by atoms with Crippen LogP contribution in [0.5, 0.6) is 0 Å². The zero-order valence-electron chi connectivity index (χ0n) is 9.75. The molecule has 1 aromatic rings. The maximum absolute atomic E-state index is 10.7. The third kappa shape index (κ3) is 2.27. The molecule has 0 spiro atoms. The van der Waals surface area contributed by atoms with Crippen molar-refractivity contribution in [3.8, 4) is 0 Å². The topological polar surface area (TPSA) is 72.1 Å². The molecule has 2 rings (SSSR count). The van der Waals surface area contributed by atoms with Gasteiger partial charge in [-0.3, -0.25) is 0 Å². The van der Waals surface area contributed by atoms with Gasteiger partial charge in [0.25, 0.3) is 0 Å². The van der Waals surface area contributed by atoms with Crippen LogP contribution in [0.2, 0.25) is 0 Å². The molecule has 2 atom stereocenters. The molecule has 0 radical (unpaired) electrons. The van der Waals surface area contributed by atoms with Crippen LogP contribution in [0, 0.1) is 0 Å². The van der Waals surface area contributed by atoms with Crippen molar-refractivity contribution < 1.29 is 23.8 Å². The highest BCUT2D eigenvalue weighted by molar-refractivity contribution is 5.84. The summed E-state index contributed by atoms with van der Waals surface area (Å²) in [5, 5.41) is 8.78. The van der Waals surface area contributed by atoms with Crippen molar-refractivity contribution >= 4 is 11.9 Å². The minimum atomic E-state index is -1.07. The first-order valence-electron chi connectivity index (χ1n) is 5.29. The van der Waals surface area contributed by atoms with E-state index < -0.39 is 5.97 Å². The summed E-state index contributed by atoms with van der Waals surface area (Å²) in [4.78, 5) is 12.6. The Morgan fingerprint density at radius 2 is 1.94 bits per heavy atom. The molecule has 0 aromatic carbocycles. The fourth-order valence-electron chi connectivity index (χ4n) is 1.99. The van der Waals surface area contributed by atoms with Gasteiger partial charge in [0.05, 0.1) is 0 Å². The average Bonchev–Trinajstić information content (AvgIpc) is 2.94. The molecule has 1 aliphatic heterocycles. The van der Waals surface area contributed by atoms with Crippen molar-refractivity contribution in [2.45, 2.75) is 12.2 Å². The molecule has 2 heterocycles. The van der Waals surface area contributed by atoms with Crippen LogP contribution in [0.25, 0.3) is 0 Å². The number of carbonyl (C=O) groups is 1. The van der Waals surface area contributed by atoms with Crippen molar-refractivity contribution in [1.82, 2.24) is 0 Å². The van der Waals surface area contributed by atoms with Gasteiger partial charge in [-0.25, -0.2) is 4.79 Å². The normalized spacial score (nSPS) is 24.2. The zero-order chi connectivity index (χ0) is 12.4. The largest absolute Gasteiger partial charge is 0.475 e. The van der Waals surface area contributed by atoms with Gasteiger partial charge in [-0.1, -0.05) is 0 Å². The predicted octanol–water partition coefficient (Wildman–Crippen LogP) is 0.828. The number of hydrogen-bond acceptors (Lipinski definition) is 5. The van der Waals surface area contributed by atoms with E-state index in [4.69, 9.17) is 19.0 Å². The molecule has 6 heteroatoms. The van der Waals surface area contributed by atoms with E-state index in [2.05, 4.69) is 0 Å². The molecule has 1 N–H and O–H groups in total.